The second kappa shape index (κ2) is 12.2. The summed E-state index contributed by atoms with van der Waals surface area (Å²) in [5.41, 5.74) is 2.95. The van der Waals surface area contributed by atoms with Gasteiger partial charge in [-0.25, -0.2) is 5.48 Å². The smallest absolute Gasteiger partial charge is 0.267 e. The summed E-state index contributed by atoms with van der Waals surface area (Å²) >= 11 is 0. The number of nitrogens with one attached hydrogen (secondary N) is 1. The number of amides is 1. The van der Waals surface area contributed by atoms with Crippen LogP contribution in [-0.2, 0) is 9.53 Å². The molecule has 2 atom stereocenters. The minimum atomic E-state index is -0.780. The normalized spacial score (nSPS) is 14.3. The van der Waals surface area contributed by atoms with E-state index < -0.39 is 12.0 Å². The van der Waals surface area contributed by atoms with E-state index in [1.165, 1.54) is 11.6 Å². The van der Waals surface area contributed by atoms with Gasteiger partial charge in [0.05, 0.1) is 12.7 Å². The minimum Gasteiger partial charge on any atom is -0.491 e. The van der Waals surface area contributed by atoms with Gasteiger partial charge in [0.25, 0.3) is 5.91 Å². The summed E-state index contributed by atoms with van der Waals surface area (Å²) in [5.74, 6) is 0.0461. The molecule has 1 aromatic carbocycles. The Bertz CT molecular complexity index is 597. The Morgan fingerprint density at radius 1 is 1.31 bits per heavy atom. The topological polar surface area (TPSA) is 108 Å². The van der Waals surface area contributed by atoms with Crippen LogP contribution in [0.5, 0.6) is 5.75 Å². The van der Waals surface area contributed by atoms with Gasteiger partial charge in [0.2, 0.25) is 0 Å². The fourth-order valence-electron chi connectivity index (χ4n) is 2.36. The van der Waals surface area contributed by atoms with Crippen LogP contribution in [0, 0.1) is 0 Å². The molecule has 7 heteroatoms. The highest BCUT2D eigenvalue weighted by molar-refractivity contribution is 5.87. The number of carbonyl (C=O) groups excluding carboxylic acids is 1. The van der Waals surface area contributed by atoms with E-state index in [1.807, 2.05) is 6.08 Å². The van der Waals surface area contributed by atoms with E-state index in [0.717, 1.165) is 0 Å². The Kier molecular flexibility index (Phi) is 10.3. The second-order valence-corrected chi connectivity index (χ2v) is 5.70. The van der Waals surface area contributed by atoms with Crippen molar-refractivity contribution in [2.45, 2.75) is 32.0 Å². The van der Waals surface area contributed by atoms with E-state index in [9.17, 15) is 9.90 Å². The van der Waals surface area contributed by atoms with Crippen LogP contribution in [0.1, 0.15) is 31.4 Å². The molecule has 7 nitrogen and oxygen atoms in total. The largest absolute Gasteiger partial charge is 0.491 e. The third kappa shape index (κ3) is 7.79. The molecule has 0 heterocycles. The predicted molar refractivity (Wildman–Crippen MR) is 96.8 cm³/mol. The maximum Gasteiger partial charge on any atom is 0.267 e. The van der Waals surface area contributed by atoms with E-state index >= 15 is 0 Å². The SMILES string of the molecule is CO[C@@H](CC/C=C/C(C)=C/C(=O)NO)[C@@H](O)c1ccc(OCCO)cc1. The molecule has 0 aliphatic rings. The zero-order chi connectivity index (χ0) is 19.4. The Morgan fingerprint density at radius 2 is 2.00 bits per heavy atom. The number of benzene rings is 1. The number of aliphatic hydroxyl groups excluding tert-OH is 2. The molecular weight excluding hydrogens is 338 g/mol. The van der Waals surface area contributed by atoms with Crippen LogP contribution in [0.2, 0.25) is 0 Å². The Balaban J connectivity index is 2.56. The van der Waals surface area contributed by atoms with Crippen LogP contribution in [0.3, 0.4) is 0 Å². The molecule has 0 unspecified atom stereocenters. The molecule has 0 aromatic heterocycles. The molecule has 1 rings (SSSR count). The lowest BCUT2D eigenvalue weighted by molar-refractivity contribution is -0.124. The number of methoxy groups -OCH3 is 1. The van der Waals surface area contributed by atoms with Crippen molar-refractivity contribution in [3.8, 4) is 5.75 Å². The maximum absolute atomic E-state index is 11.0. The maximum atomic E-state index is 11.0. The highest BCUT2D eigenvalue weighted by Gasteiger charge is 2.19. The van der Waals surface area contributed by atoms with Gasteiger partial charge in [-0.2, -0.15) is 0 Å². The summed E-state index contributed by atoms with van der Waals surface area (Å²) in [6.45, 7) is 1.92. The molecule has 0 bridgehead atoms. The fraction of sp³-hybridized carbons (Fsp3) is 0.421. The number of rotatable bonds is 11. The standard InChI is InChI=1S/C19H27NO6/c1-14(13-18(22)20-24)5-3-4-6-17(25-2)19(23)15-7-9-16(10-8-15)26-12-11-21/h3,5,7-10,13,17,19,21,23-24H,4,6,11-12H2,1-2H3,(H,20,22)/b5-3+,14-13+/t17-,19-/m0/s1. The number of hydroxylamine groups is 1. The lowest BCUT2D eigenvalue weighted by Crippen LogP contribution is -2.20. The monoisotopic (exact) mass is 365 g/mol. The van der Waals surface area contributed by atoms with Crippen molar-refractivity contribution in [1.29, 1.82) is 0 Å². The van der Waals surface area contributed by atoms with Crippen molar-refractivity contribution in [3.63, 3.8) is 0 Å². The summed E-state index contributed by atoms with van der Waals surface area (Å²) in [6, 6.07) is 7.00. The summed E-state index contributed by atoms with van der Waals surface area (Å²) in [6.07, 6.45) is 5.00. The summed E-state index contributed by atoms with van der Waals surface area (Å²) < 4.78 is 10.7. The number of hydrogen-bond donors (Lipinski definition) is 4. The molecule has 0 fully saturated rings. The van der Waals surface area contributed by atoms with E-state index in [0.29, 0.717) is 29.7 Å². The van der Waals surface area contributed by atoms with Crippen LogP contribution >= 0.6 is 0 Å². The number of ether oxygens (including phenoxy) is 2. The molecule has 0 aliphatic heterocycles. The van der Waals surface area contributed by atoms with Crippen LogP contribution in [0.4, 0.5) is 0 Å². The molecule has 0 saturated heterocycles. The lowest BCUT2D eigenvalue weighted by atomic mass is 10.0. The molecule has 144 valence electrons. The summed E-state index contributed by atoms with van der Waals surface area (Å²) in [7, 11) is 1.55. The van der Waals surface area contributed by atoms with Crippen molar-refractivity contribution in [1.82, 2.24) is 5.48 Å². The van der Waals surface area contributed by atoms with Crippen molar-refractivity contribution >= 4 is 5.91 Å². The van der Waals surface area contributed by atoms with Crippen LogP contribution in [0.25, 0.3) is 0 Å². The molecule has 0 radical (unpaired) electrons. The molecule has 26 heavy (non-hydrogen) atoms. The highest BCUT2D eigenvalue weighted by Crippen LogP contribution is 2.24. The fourth-order valence-corrected chi connectivity index (χ4v) is 2.36. The second-order valence-electron chi connectivity index (χ2n) is 5.70. The third-order valence-corrected chi connectivity index (χ3v) is 3.70. The Morgan fingerprint density at radius 3 is 2.58 bits per heavy atom. The molecular formula is C19H27NO6. The first-order chi connectivity index (χ1) is 12.5. The van der Waals surface area contributed by atoms with Gasteiger partial charge < -0.3 is 19.7 Å². The van der Waals surface area contributed by atoms with Crippen molar-refractivity contribution in [2.24, 2.45) is 0 Å². The first-order valence-corrected chi connectivity index (χ1v) is 8.35. The van der Waals surface area contributed by atoms with E-state index in [-0.39, 0.29) is 19.3 Å². The van der Waals surface area contributed by atoms with Crippen LogP contribution in [0.15, 0.2) is 48.1 Å². The van der Waals surface area contributed by atoms with E-state index in [1.54, 1.807) is 44.4 Å². The number of aliphatic hydroxyl groups is 2. The minimum absolute atomic E-state index is 0.0526. The van der Waals surface area contributed by atoms with Crippen molar-refractivity contribution in [2.75, 3.05) is 20.3 Å². The molecule has 1 aromatic rings. The number of allylic oxidation sites excluding steroid dienone is 3. The van der Waals surface area contributed by atoms with E-state index in [4.69, 9.17) is 19.8 Å². The molecule has 4 N–H and O–H groups in total. The molecule has 1 amide bonds. The number of carbonyl (C=O) groups is 1. The average molecular weight is 365 g/mol. The Labute approximate surface area is 153 Å². The lowest BCUT2D eigenvalue weighted by Gasteiger charge is -2.21. The Hall–Kier alpha value is -2.19. The summed E-state index contributed by atoms with van der Waals surface area (Å²) in [4.78, 5) is 11.0. The van der Waals surface area contributed by atoms with Crippen molar-refractivity contribution in [3.05, 3.63) is 53.6 Å². The van der Waals surface area contributed by atoms with Crippen molar-refractivity contribution < 1.29 is 29.7 Å². The quantitative estimate of drug-likeness (QED) is 0.206. The van der Waals surface area contributed by atoms with Crippen LogP contribution < -0.4 is 10.2 Å². The van der Waals surface area contributed by atoms with Gasteiger partial charge in [0.15, 0.2) is 0 Å². The van der Waals surface area contributed by atoms with Gasteiger partial charge in [0, 0.05) is 13.2 Å². The molecule has 0 spiro atoms. The van der Waals surface area contributed by atoms with Gasteiger partial charge in [0.1, 0.15) is 18.5 Å². The first-order valence-electron chi connectivity index (χ1n) is 8.35. The van der Waals surface area contributed by atoms with Gasteiger partial charge in [-0.15, -0.1) is 0 Å². The van der Waals surface area contributed by atoms with Gasteiger partial charge >= 0.3 is 0 Å². The highest BCUT2D eigenvalue weighted by atomic mass is 16.5. The van der Waals surface area contributed by atoms with Gasteiger partial charge in [-0.05, 0) is 43.0 Å². The molecule has 0 saturated carbocycles. The molecule has 0 aliphatic carbocycles. The third-order valence-electron chi connectivity index (χ3n) is 3.70. The zero-order valence-corrected chi connectivity index (χ0v) is 15.1. The summed E-state index contributed by atoms with van der Waals surface area (Å²) in [5, 5.41) is 27.7. The van der Waals surface area contributed by atoms with E-state index in [2.05, 4.69) is 0 Å². The average Bonchev–Trinajstić information content (AvgIpc) is 2.66. The van der Waals surface area contributed by atoms with Gasteiger partial charge in [-0.1, -0.05) is 24.3 Å². The zero-order valence-electron chi connectivity index (χ0n) is 15.1. The van der Waals surface area contributed by atoms with Gasteiger partial charge in [-0.3, -0.25) is 10.0 Å². The van der Waals surface area contributed by atoms with Crippen LogP contribution in [-0.4, -0.2) is 47.8 Å². The predicted octanol–water partition coefficient (Wildman–Crippen LogP) is 1.89. The first kappa shape index (κ1) is 21.9. The number of hydrogen-bond acceptors (Lipinski definition) is 6.